The van der Waals surface area contributed by atoms with E-state index >= 15 is 0 Å². The predicted octanol–water partition coefficient (Wildman–Crippen LogP) is 1.36. The van der Waals surface area contributed by atoms with Crippen LogP contribution in [-0.4, -0.2) is 24.3 Å². The molecule has 0 N–H and O–H groups in total. The van der Waals surface area contributed by atoms with Crippen molar-refractivity contribution in [1.82, 2.24) is 0 Å². The molecular formula is C9H16O3. The fourth-order valence-electron chi connectivity index (χ4n) is 1.24. The lowest BCUT2D eigenvalue weighted by molar-refractivity contribution is -0.264. The third kappa shape index (κ3) is 2.05. The van der Waals surface area contributed by atoms with Crippen LogP contribution in [0, 0.1) is 5.92 Å². The van der Waals surface area contributed by atoms with Gasteiger partial charge in [0, 0.05) is 0 Å². The van der Waals surface area contributed by atoms with Crippen LogP contribution in [0.1, 0.15) is 27.7 Å². The van der Waals surface area contributed by atoms with Gasteiger partial charge in [0.1, 0.15) is 12.7 Å². The van der Waals surface area contributed by atoms with E-state index in [4.69, 9.17) is 9.47 Å². The summed E-state index contributed by atoms with van der Waals surface area (Å²) >= 11 is 0. The summed E-state index contributed by atoms with van der Waals surface area (Å²) in [5.41, 5.74) is 0. The number of rotatable bonds is 1. The fraction of sp³-hybridized carbons (Fsp3) is 0.889. The van der Waals surface area contributed by atoms with E-state index in [0.717, 1.165) is 0 Å². The Hall–Kier alpha value is -0.410. The lowest BCUT2D eigenvalue weighted by Gasteiger charge is -2.36. The SMILES string of the molecule is CC(C)[C@H]1OC(C)(C)OCC1=O. The highest BCUT2D eigenvalue weighted by Crippen LogP contribution is 2.23. The normalized spacial score (nSPS) is 29.4. The van der Waals surface area contributed by atoms with Gasteiger partial charge in [0.25, 0.3) is 0 Å². The van der Waals surface area contributed by atoms with Crippen molar-refractivity contribution in [3.63, 3.8) is 0 Å². The van der Waals surface area contributed by atoms with Crippen molar-refractivity contribution in [1.29, 1.82) is 0 Å². The summed E-state index contributed by atoms with van der Waals surface area (Å²) in [6.45, 7) is 7.79. The summed E-state index contributed by atoms with van der Waals surface area (Å²) in [6.07, 6.45) is -0.297. The lowest BCUT2D eigenvalue weighted by Crippen LogP contribution is -2.48. The minimum atomic E-state index is -0.608. The Balaban J connectivity index is 2.66. The molecule has 1 aliphatic heterocycles. The van der Waals surface area contributed by atoms with Gasteiger partial charge in [-0.05, 0) is 19.8 Å². The van der Waals surface area contributed by atoms with Crippen LogP contribution in [0.4, 0.5) is 0 Å². The Morgan fingerprint density at radius 3 is 2.50 bits per heavy atom. The Morgan fingerprint density at radius 1 is 1.50 bits per heavy atom. The van der Waals surface area contributed by atoms with Gasteiger partial charge in [-0.1, -0.05) is 13.8 Å². The molecule has 0 aromatic carbocycles. The van der Waals surface area contributed by atoms with Crippen LogP contribution in [0.3, 0.4) is 0 Å². The molecule has 3 nitrogen and oxygen atoms in total. The van der Waals surface area contributed by atoms with Gasteiger partial charge in [0.15, 0.2) is 11.6 Å². The summed E-state index contributed by atoms with van der Waals surface area (Å²) in [4.78, 5) is 11.3. The van der Waals surface area contributed by atoms with E-state index in [1.54, 1.807) is 0 Å². The molecule has 1 aliphatic rings. The average Bonchev–Trinajstić information content (AvgIpc) is 1.94. The van der Waals surface area contributed by atoms with Gasteiger partial charge in [-0.2, -0.15) is 0 Å². The maximum absolute atomic E-state index is 11.3. The molecule has 0 aromatic rings. The zero-order valence-corrected chi connectivity index (χ0v) is 8.09. The van der Waals surface area contributed by atoms with Crippen LogP contribution in [0.15, 0.2) is 0 Å². The summed E-state index contributed by atoms with van der Waals surface area (Å²) in [5.74, 6) is -0.340. The van der Waals surface area contributed by atoms with E-state index in [1.807, 2.05) is 27.7 Å². The van der Waals surface area contributed by atoms with Crippen molar-refractivity contribution in [2.24, 2.45) is 5.92 Å². The van der Waals surface area contributed by atoms with E-state index in [0.29, 0.717) is 0 Å². The first kappa shape index (κ1) is 9.68. The monoisotopic (exact) mass is 172 g/mol. The Morgan fingerprint density at radius 2 is 2.08 bits per heavy atom. The molecule has 70 valence electrons. The minimum absolute atomic E-state index is 0.0457. The number of Topliss-reactive ketones (excluding diaryl/α,β-unsaturated/α-hetero) is 1. The van der Waals surface area contributed by atoms with Crippen LogP contribution in [-0.2, 0) is 14.3 Å². The first-order chi connectivity index (χ1) is 5.42. The maximum Gasteiger partial charge on any atom is 0.187 e. The second-order valence-electron chi connectivity index (χ2n) is 3.94. The highest BCUT2D eigenvalue weighted by molar-refractivity contribution is 5.85. The van der Waals surface area contributed by atoms with Crippen LogP contribution in [0.2, 0.25) is 0 Å². The van der Waals surface area contributed by atoms with Crippen molar-refractivity contribution in [3.8, 4) is 0 Å². The topological polar surface area (TPSA) is 35.5 Å². The van der Waals surface area contributed by atoms with E-state index in [9.17, 15) is 4.79 Å². The minimum Gasteiger partial charge on any atom is -0.343 e. The van der Waals surface area contributed by atoms with Crippen molar-refractivity contribution < 1.29 is 14.3 Å². The zero-order valence-electron chi connectivity index (χ0n) is 8.09. The molecule has 0 aliphatic carbocycles. The van der Waals surface area contributed by atoms with Crippen molar-refractivity contribution >= 4 is 5.78 Å². The molecule has 1 heterocycles. The number of hydrogen-bond acceptors (Lipinski definition) is 3. The zero-order chi connectivity index (χ0) is 9.35. The molecule has 1 fully saturated rings. The molecule has 0 saturated carbocycles. The second kappa shape index (κ2) is 3.15. The van der Waals surface area contributed by atoms with E-state index in [-0.39, 0.29) is 24.4 Å². The Labute approximate surface area is 73.0 Å². The molecule has 1 rings (SSSR count). The van der Waals surface area contributed by atoms with Gasteiger partial charge in [0.2, 0.25) is 0 Å². The fourth-order valence-corrected chi connectivity index (χ4v) is 1.24. The summed E-state index contributed by atoms with van der Waals surface area (Å²) in [6, 6.07) is 0. The standard InChI is InChI=1S/C9H16O3/c1-6(2)8-7(10)5-11-9(3,4)12-8/h6,8H,5H2,1-4H3/t8-/m1/s1. The first-order valence-electron chi connectivity index (χ1n) is 4.27. The largest absolute Gasteiger partial charge is 0.343 e. The van der Waals surface area contributed by atoms with Crippen molar-refractivity contribution in [2.45, 2.75) is 39.6 Å². The predicted molar refractivity (Wildman–Crippen MR) is 44.7 cm³/mol. The van der Waals surface area contributed by atoms with Gasteiger partial charge in [-0.25, -0.2) is 0 Å². The molecule has 0 spiro atoms. The summed E-state index contributed by atoms with van der Waals surface area (Å²) in [5, 5.41) is 0. The molecular weight excluding hydrogens is 156 g/mol. The summed E-state index contributed by atoms with van der Waals surface area (Å²) < 4.78 is 10.7. The highest BCUT2D eigenvalue weighted by atomic mass is 16.7. The highest BCUT2D eigenvalue weighted by Gasteiger charge is 2.36. The van der Waals surface area contributed by atoms with Gasteiger partial charge < -0.3 is 9.47 Å². The molecule has 0 unspecified atom stereocenters. The molecule has 1 atom stereocenters. The quantitative estimate of drug-likeness (QED) is 0.599. The van der Waals surface area contributed by atoms with Crippen molar-refractivity contribution in [2.75, 3.05) is 6.61 Å². The smallest absolute Gasteiger partial charge is 0.187 e. The number of carbonyl (C=O) groups is 1. The molecule has 12 heavy (non-hydrogen) atoms. The third-order valence-corrected chi connectivity index (χ3v) is 1.90. The molecule has 3 heteroatoms. The Bertz CT molecular complexity index is 184. The number of hydrogen-bond donors (Lipinski definition) is 0. The van der Waals surface area contributed by atoms with Crippen LogP contribution < -0.4 is 0 Å². The number of ether oxygens (including phenoxy) is 2. The molecule has 0 amide bonds. The van der Waals surface area contributed by atoms with Crippen LogP contribution >= 0.6 is 0 Å². The number of ketones is 1. The Kier molecular flexibility index (Phi) is 2.54. The number of carbonyl (C=O) groups excluding carboxylic acids is 1. The van der Waals surface area contributed by atoms with Crippen LogP contribution in [0.5, 0.6) is 0 Å². The average molecular weight is 172 g/mol. The molecule has 1 saturated heterocycles. The molecule has 0 aromatic heterocycles. The van der Waals surface area contributed by atoms with E-state index < -0.39 is 5.79 Å². The van der Waals surface area contributed by atoms with Crippen molar-refractivity contribution in [3.05, 3.63) is 0 Å². The summed E-state index contributed by atoms with van der Waals surface area (Å²) in [7, 11) is 0. The molecule has 0 bridgehead atoms. The first-order valence-corrected chi connectivity index (χ1v) is 4.27. The van der Waals surface area contributed by atoms with Crippen LogP contribution in [0.25, 0.3) is 0 Å². The lowest BCUT2D eigenvalue weighted by atomic mass is 10.0. The van der Waals surface area contributed by atoms with Gasteiger partial charge in [-0.3, -0.25) is 4.79 Å². The second-order valence-corrected chi connectivity index (χ2v) is 3.94. The van der Waals surface area contributed by atoms with E-state index in [1.165, 1.54) is 0 Å². The van der Waals surface area contributed by atoms with Gasteiger partial charge in [-0.15, -0.1) is 0 Å². The molecule has 0 radical (unpaired) electrons. The van der Waals surface area contributed by atoms with E-state index in [2.05, 4.69) is 0 Å². The van der Waals surface area contributed by atoms with Gasteiger partial charge in [0.05, 0.1) is 0 Å². The maximum atomic E-state index is 11.3. The van der Waals surface area contributed by atoms with Gasteiger partial charge >= 0.3 is 0 Å². The third-order valence-electron chi connectivity index (χ3n) is 1.90.